The van der Waals surface area contributed by atoms with E-state index >= 15 is 0 Å². The predicted molar refractivity (Wildman–Crippen MR) is 79.4 cm³/mol. The summed E-state index contributed by atoms with van der Waals surface area (Å²) in [5, 5.41) is 14.7. The minimum atomic E-state index is -0.0709. The van der Waals surface area contributed by atoms with Gasteiger partial charge in [-0.25, -0.2) is 0 Å². The van der Waals surface area contributed by atoms with Gasteiger partial charge in [-0.05, 0) is 52.1 Å². The molecule has 1 saturated carbocycles. The molecule has 112 valence electrons. The van der Waals surface area contributed by atoms with E-state index in [1.807, 2.05) is 0 Å². The zero-order valence-corrected chi connectivity index (χ0v) is 12.8. The Morgan fingerprint density at radius 2 is 2.15 bits per heavy atom. The third kappa shape index (κ3) is 2.63. The van der Waals surface area contributed by atoms with Gasteiger partial charge in [-0.1, -0.05) is 6.42 Å². The fourth-order valence-electron chi connectivity index (χ4n) is 4.16. The molecule has 2 fully saturated rings. The summed E-state index contributed by atoms with van der Waals surface area (Å²) in [5.74, 6) is 0.497. The van der Waals surface area contributed by atoms with Crippen LogP contribution in [0.1, 0.15) is 50.4 Å². The van der Waals surface area contributed by atoms with Gasteiger partial charge >= 0.3 is 0 Å². The Morgan fingerprint density at radius 1 is 1.30 bits per heavy atom. The van der Waals surface area contributed by atoms with Gasteiger partial charge in [-0.3, -0.25) is 9.58 Å². The Labute approximate surface area is 121 Å². The number of aliphatic hydroxyl groups is 1. The van der Waals surface area contributed by atoms with Gasteiger partial charge in [-0.15, -0.1) is 0 Å². The van der Waals surface area contributed by atoms with Gasteiger partial charge in [0.2, 0.25) is 0 Å². The fraction of sp³-hybridized carbons (Fsp3) is 0.812. The first-order chi connectivity index (χ1) is 9.69. The molecule has 2 heterocycles. The Kier molecular flexibility index (Phi) is 4.13. The van der Waals surface area contributed by atoms with Crippen LogP contribution in [-0.2, 0) is 13.1 Å². The van der Waals surface area contributed by atoms with Crippen LogP contribution >= 0.6 is 0 Å². The van der Waals surface area contributed by atoms with Crippen LogP contribution in [0, 0.1) is 12.8 Å². The lowest BCUT2D eigenvalue weighted by Crippen LogP contribution is -2.38. The van der Waals surface area contributed by atoms with E-state index < -0.39 is 0 Å². The predicted octanol–water partition coefficient (Wildman–Crippen LogP) is 2.34. The molecule has 4 heteroatoms. The molecule has 3 rings (SSSR count). The number of likely N-dealkylation sites (tertiary alicyclic amines) is 1. The lowest BCUT2D eigenvalue weighted by molar-refractivity contribution is 0.0708. The molecule has 4 nitrogen and oxygen atoms in total. The van der Waals surface area contributed by atoms with Crippen molar-refractivity contribution < 1.29 is 5.11 Å². The maximum Gasteiger partial charge on any atom is 0.0597 e. The van der Waals surface area contributed by atoms with Crippen molar-refractivity contribution in [3.63, 3.8) is 0 Å². The second-order valence-electron chi connectivity index (χ2n) is 6.43. The molecule has 3 atom stereocenters. The standard InChI is InChI=1S/C16H27N3O/c1-3-19-13(10-12(2)17-19)11-18-9-5-7-15(18)14-6-4-8-16(14)20/h10,14-16,20H,3-9,11H2,1-2H3. The molecule has 1 aliphatic carbocycles. The summed E-state index contributed by atoms with van der Waals surface area (Å²) in [7, 11) is 0. The topological polar surface area (TPSA) is 41.3 Å². The summed E-state index contributed by atoms with van der Waals surface area (Å²) in [6.07, 6.45) is 5.85. The number of aliphatic hydroxyl groups excluding tert-OH is 1. The summed E-state index contributed by atoms with van der Waals surface area (Å²) in [4.78, 5) is 2.59. The van der Waals surface area contributed by atoms with Gasteiger partial charge in [-0.2, -0.15) is 5.10 Å². The van der Waals surface area contributed by atoms with Gasteiger partial charge in [0.25, 0.3) is 0 Å². The first kappa shape index (κ1) is 14.1. The average molecular weight is 277 g/mol. The van der Waals surface area contributed by atoms with Crippen molar-refractivity contribution in [2.45, 2.75) is 71.2 Å². The Balaban J connectivity index is 1.72. The third-order valence-corrected chi connectivity index (χ3v) is 5.09. The van der Waals surface area contributed by atoms with Crippen LogP contribution in [0.4, 0.5) is 0 Å². The summed E-state index contributed by atoms with van der Waals surface area (Å²) >= 11 is 0. The lowest BCUT2D eigenvalue weighted by Gasteiger charge is -2.31. The second kappa shape index (κ2) is 5.86. The highest BCUT2D eigenvalue weighted by molar-refractivity contribution is 5.09. The molecule has 1 aromatic rings. The monoisotopic (exact) mass is 277 g/mol. The maximum absolute atomic E-state index is 10.2. The van der Waals surface area contributed by atoms with E-state index in [2.05, 4.69) is 34.6 Å². The van der Waals surface area contributed by atoms with Crippen LogP contribution in [-0.4, -0.2) is 38.5 Å². The quantitative estimate of drug-likeness (QED) is 0.918. The Morgan fingerprint density at radius 3 is 2.85 bits per heavy atom. The third-order valence-electron chi connectivity index (χ3n) is 5.09. The molecule has 1 N–H and O–H groups in total. The van der Waals surface area contributed by atoms with Gasteiger partial charge in [0.05, 0.1) is 17.5 Å². The molecule has 1 saturated heterocycles. The minimum absolute atomic E-state index is 0.0709. The van der Waals surface area contributed by atoms with Crippen LogP contribution in [0.15, 0.2) is 6.07 Å². The van der Waals surface area contributed by atoms with Crippen molar-refractivity contribution in [1.29, 1.82) is 0 Å². The zero-order chi connectivity index (χ0) is 14.1. The zero-order valence-electron chi connectivity index (χ0n) is 12.8. The van der Waals surface area contributed by atoms with Crippen LogP contribution in [0.2, 0.25) is 0 Å². The minimum Gasteiger partial charge on any atom is -0.393 e. The smallest absolute Gasteiger partial charge is 0.0597 e. The van der Waals surface area contributed by atoms with Crippen molar-refractivity contribution in [3.8, 4) is 0 Å². The number of hydrogen-bond acceptors (Lipinski definition) is 3. The van der Waals surface area contributed by atoms with E-state index in [-0.39, 0.29) is 6.10 Å². The highest BCUT2D eigenvalue weighted by Gasteiger charge is 2.38. The molecule has 0 bridgehead atoms. The SMILES string of the molecule is CCn1nc(C)cc1CN1CCCC1C1CCCC1O. The van der Waals surface area contributed by atoms with Gasteiger partial charge in [0, 0.05) is 25.0 Å². The van der Waals surface area contributed by atoms with E-state index in [9.17, 15) is 5.11 Å². The first-order valence-corrected chi connectivity index (χ1v) is 8.14. The van der Waals surface area contributed by atoms with Gasteiger partial charge < -0.3 is 5.11 Å². The van der Waals surface area contributed by atoms with Crippen LogP contribution in [0.5, 0.6) is 0 Å². The molecule has 0 spiro atoms. The average Bonchev–Trinajstić information content (AvgIpc) is 3.10. The largest absolute Gasteiger partial charge is 0.393 e. The summed E-state index contributed by atoms with van der Waals surface area (Å²) in [6, 6.07) is 2.79. The lowest BCUT2D eigenvalue weighted by atomic mass is 9.94. The second-order valence-corrected chi connectivity index (χ2v) is 6.43. The molecule has 1 aliphatic heterocycles. The normalized spacial score (nSPS) is 31.2. The van der Waals surface area contributed by atoms with E-state index in [1.165, 1.54) is 37.9 Å². The van der Waals surface area contributed by atoms with Crippen molar-refractivity contribution in [1.82, 2.24) is 14.7 Å². The summed E-state index contributed by atoms with van der Waals surface area (Å²) in [6.45, 7) is 7.31. The molecule has 0 aromatic carbocycles. The number of aryl methyl sites for hydroxylation is 2. The van der Waals surface area contributed by atoms with Gasteiger partial charge in [0.15, 0.2) is 0 Å². The number of hydrogen-bond donors (Lipinski definition) is 1. The Hall–Kier alpha value is -0.870. The van der Waals surface area contributed by atoms with Crippen molar-refractivity contribution in [2.75, 3.05) is 6.54 Å². The van der Waals surface area contributed by atoms with Crippen LogP contribution in [0.3, 0.4) is 0 Å². The molecule has 0 radical (unpaired) electrons. The first-order valence-electron chi connectivity index (χ1n) is 8.14. The molecule has 1 aromatic heterocycles. The molecule has 20 heavy (non-hydrogen) atoms. The van der Waals surface area contributed by atoms with Crippen LogP contribution < -0.4 is 0 Å². The summed E-state index contributed by atoms with van der Waals surface area (Å²) < 4.78 is 2.12. The highest BCUT2D eigenvalue weighted by atomic mass is 16.3. The fourth-order valence-corrected chi connectivity index (χ4v) is 4.16. The number of aromatic nitrogens is 2. The molecular formula is C16H27N3O. The number of rotatable bonds is 4. The highest BCUT2D eigenvalue weighted by Crippen LogP contribution is 2.36. The molecule has 3 unspecified atom stereocenters. The van der Waals surface area contributed by atoms with Crippen molar-refractivity contribution >= 4 is 0 Å². The molecular weight excluding hydrogens is 250 g/mol. The molecule has 2 aliphatic rings. The summed E-state index contributed by atoms with van der Waals surface area (Å²) in [5.41, 5.74) is 2.43. The number of nitrogens with zero attached hydrogens (tertiary/aromatic N) is 3. The van der Waals surface area contributed by atoms with Gasteiger partial charge in [0.1, 0.15) is 0 Å². The Bertz CT molecular complexity index is 457. The van der Waals surface area contributed by atoms with E-state index in [1.54, 1.807) is 0 Å². The van der Waals surface area contributed by atoms with E-state index in [4.69, 9.17) is 0 Å². The maximum atomic E-state index is 10.2. The van der Waals surface area contributed by atoms with E-state index in [0.717, 1.165) is 25.2 Å². The van der Waals surface area contributed by atoms with E-state index in [0.29, 0.717) is 12.0 Å². The van der Waals surface area contributed by atoms with Crippen molar-refractivity contribution in [3.05, 3.63) is 17.5 Å². The molecule has 0 amide bonds. The van der Waals surface area contributed by atoms with Crippen molar-refractivity contribution in [2.24, 2.45) is 5.92 Å². The van der Waals surface area contributed by atoms with Crippen LogP contribution in [0.25, 0.3) is 0 Å².